The third kappa shape index (κ3) is 3.45. The van der Waals surface area contributed by atoms with Gasteiger partial charge in [-0.05, 0) is 56.2 Å². The molecule has 0 spiro atoms. The smallest absolute Gasteiger partial charge is 0.266 e. The van der Waals surface area contributed by atoms with E-state index in [0.29, 0.717) is 45.2 Å². The van der Waals surface area contributed by atoms with Crippen molar-refractivity contribution in [1.82, 2.24) is 0 Å². The lowest BCUT2D eigenvalue weighted by molar-refractivity contribution is -0.119. The van der Waals surface area contributed by atoms with E-state index in [1.54, 1.807) is 36.4 Å². The van der Waals surface area contributed by atoms with E-state index in [9.17, 15) is 9.59 Å². The van der Waals surface area contributed by atoms with Crippen molar-refractivity contribution in [2.45, 2.75) is 20.8 Å². The molecule has 1 aliphatic rings. The molecule has 6 heteroatoms. The minimum Gasteiger partial charge on any atom is -0.493 e. The number of carbonyl (C=O) groups is 2. The first kappa shape index (κ1) is 21.2. The number of carbonyl (C=O) groups excluding carboxylic acids is 2. The van der Waals surface area contributed by atoms with Gasteiger partial charge in [-0.2, -0.15) is 0 Å². The molecule has 0 aliphatic carbocycles. The molecule has 1 fully saturated rings. The van der Waals surface area contributed by atoms with Gasteiger partial charge in [-0.25, -0.2) is 4.90 Å². The highest BCUT2D eigenvalue weighted by Gasteiger charge is 2.41. The number of allylic oxidation sites excluding steroid dienone is 2. The number of para-hydroxylation sites is 1. The first-order valence-electron chi connectivity index (χ1n) is 9.48. The van der Waals surface area contributed by atoms with E-state index in [1.165, 1.54) is 26.2 Å². The van der Waals surface area contributed by atoms with Crippen LogP contribution in [0.5, 0.6) is 17.2 Å². The predicted octanol–water partition coefficient (Wildman–Crippen LogP) is 4.40. The molecule has 156 valence electrons. The van der Waals surface area contributed by atoms with Gasteiger partial charge in [-0.1, -0.05) is 23.8 Å². The van der Waals surface area contributed by atoms with Gasteiger partial charge in [0.05, 0.1) is 38.2 Å². The van der Waals surface area contributed by atoms with Crippen molar-refractivity contribution >= 4 is 23.1 Å². The van der Waals surface area contributed by atoms with Crippen LogP contribution in [0.4, 0.5) is 5.69 Å². The molecule has 6 nitrogen and oxygen atoms in total. The SMILES string of the molecule is COc1cc(/C(C)=C2/C(=O)N(c3ccccc3)C(=O)C2=C(C)C)cc(OC)c1OC. The Morgan fingerprint density at radius 3 is 1.77 bits per heavy atom. The van der Waals surface area contributed by atoms with Gasteiger partial charge in [-0.15, -0.1) is 0 Å². The van der Waals surface area contributed by atoms with Gasteiger partial charge in [0.25, 0.3) is 11.8 Å². The van der Waals surface area contributed by atoms with Gasteiger partial charge in [0.2, 0.25) is 5.75 Å². The predicted molar refractivity (Wildman–Crippen MR) is 116 cm³/mol. The van der Waals surface area contributed by atoms with E-state index < -0.39 is 0 Å². The number of imide groups is 1. The van der Waals surface area contributed by atoms with Crippen LogP contribution in [-0.2, 0) is 9.59 Å². The van der Waals surface area contributed by atoms with Gasteiger partial charge in [0, 0.05) is 0 Å². The zero-order valence-electron chi connectivity index (χ0n) is 18.0. The molecule has 2 aromatic carbocycles. The molecule has 0 bridgehead atoms. The second kappa shape index (κ2) is 8.45. The lowest BCUT2D eigenvalue weighted by atomic mass is 9.94. The molecule has 0 aromatic heterocycles. The summed E-state index contributed by atoms with van der Waals surface area (Å²) in [7, 11) is 4.60. The fraction of sp³-hybridized carbons (Fsp3) is 0.250. The summed E-state index contributed by atoms with van der Waals surface area (Å²) >= 11 is 0. The monoisotopic (exact) mass is 407 g/mol. The van der Waals surface area contributed by atoms with Gasteiger partial charge in [0.1, 0.15) is 0 Å². The lowest BCUT2D eigenvalue weighted by Crippen LogP contribution is -2.29. The average Bonchev–Trinajstić information content (AvgIpc) is 3.02. The third-order valence-electron chi connectivity index (χ3n) is 5.07. The average molecular weight is 407 g/mol. The minimum absolute atomic E-state index is 0.326. The summed E-state index contributed by atoms with van der Waals surface area (Å²) in [6.45, 7) is 5.48. The molecular formula is C24H25NO5. The minimum atomic E-state index is -0.353. The maximum absolute atomic E-state index is 13.4. The molecule has 0 radical (unpaired) electrons. The van der Waals surface area contributed by atoms with Crippen LogP contribution in [0.25, 0.3) is 5.57 Å². The van der Waals surface area contributed by atoms with Crippen LogP contribution in [0.15, 0.2) is 59.2 Å². The fourth-order valence-electron chi connectivity index (χ4n) is 3.59. The maximum atomic E-state index is 13.4. The van der Waals surface area contributed by atoms with Crippen molar-refractivity contribution < 1.29 is 23.8 Å². The standard InChI is InChI=1S/C24H25NO5/c1-14(2)20-21(24(27)25(23(20)26)17-10-8-7-9-11-17)15(3)16-12-18(28-4)22(30-6)19(13-16)29-5/h7-13H,1-6H3/b21-15+. The fourth-order valence-corrected chi connectivity index (χ4v) is 3.59. The number of hydrogen-bond donors (Lipinski definition) is 0. The molecule has 3 rings (SSSR count). The highest BCUT2D eigenvalue weighted by Crippen LogP contribution is 2.42. The van der Waals surface area contributed by atoms with Crippen LogP contribution < -0.4 is 19.1 Å². The summed E-state index contributed by atoms with van der Waals surface area (Å²) < 4.78 is 16.3. The van der Waals surface area contributed by atoms with Crippen LogP contribution in [0.1, 0.15) is 26.3 Å². The number of amides is 2. The van der Waals surface area contributed by atoms with Gasteiger partial charge in [0.15, 0.2) is 11.5 Å². The first-order chi connectivity index (χ1) is 14.3. The summed E-state index contributed by atoms with van der Waals surface area (Å²) in [5.41, 5.74) is 3.46. The summed E-state index contributed by atoms with van der Waals surface area (Å²) in [5.74, 6) is 0.731. The Hall–Kier alpha value is -3.54. The van der Waals surface area contributed by atoms with Crippen LogP contribution in [-0.4, -0.2) is 33.1 Å². The van der Waals surface area contributed by atoms with E-state index in [1.807, 2.05) is 26.8 Å². The summed E-state index contributed by atoms with van der Waals surface area (Å²) in [6, 6.07) is 12.5. The Labute approximate surface area is 176 Å². The molecule has 0 saturated carbocycles. The van der Waals surface area contributed by atoms with Crippen LogP contribution in [0.3, 0.4) is 0 Å². The summed E-state index contributed by atoms with van der Waals surface area (Å²) in [5, 5.41) is 0. The highest BCUT2D eigenvalue weighted by molar-refractivity contribution is 6.39. The Bertz CT molecular complexity index is 1040. The number of methoxy groups -OCH3 is 3. The molecule has 0 atom stereocenters. The second-order valence-corrected chi connectivity index (χ2v) is 7.07. The largest absolute Gasteiger partial charge is 0.493 e. The first-order valence-corrected chi connectivity index (χ1v) is 9.48. The van der Waals surface area contributed by atoms with Gasteiger partial charge < -0.3 is 14.2 Å². The molecule has 0 N–H and O–H groups in total. The second-order valence-electron chi connectivity index (χ2n) is 7.07. The van der Waals surface area contributed by atoms with E-state index in [4.69, 9.17) is 14.2 Å². The van der Waals surface area contributed by atoms with Crippen molar-refractivity contribution in [3.8, 4) is 17.2 Å². The van der Waals surface area contributed by atoms with Crippen molar-refractivity contribution in [3.63, 3.8) is 0 Å². The number of ether oxygens (including phenoxy) is 3. The third-order valence-corrected chi connectivity index (χ3v) is 5.07. The number of rotatable bonds is 5. The van der Waals surface area contributed by atoms with Crippen molar-refractivity contribution in [3.05, 3.63) is 64.7 Å². The lowest BCUT2D eigenvalue weighted by Gasteiger charge is -2.15. The number of nitrogens with zero attached hydrogens (tertiary/aromatic N) is 1. The molecule has 1 saturated heterocycles. The van der Waals surface area contributed by atoms with E-state index in [0.717, 1.165) is 5.57 Å². The molecule has 1 aliphatic heterocycles. The zero-order chi connectivity index (χ0) is 22.0. The zero-order valence-corrected chi connectivity index (χ0v) is 18.0. The van der Waals surface area contributed by atoms with Crippen LogP contribution in [0, 0.1) is 0 Å². The Kier molecular flexibility index (Phi) is 5.96. The van der Waals surface area contributed by atoms with Crippen LogP contribution >= 0.6 is 0 Å². The van der Waals surface area contributed by atoms with Gasteiger partial charge in [-0.3, -0.25) is 9.59 Å². The molecule has 2 aromatic rings. The molecule has 1 heterocycles. The van der Waals surface area contributed by atoms with Crippen molar-refractivity contribution in [2.24, 2.45) is 0 Å². The van der Waals surface area contributed by atoms with Crippen molar-refractivity contribution in [1.29, 1.82) is 0 Å². The number of hydrogen-bond acceptors (Lipinski definition) is 5. The molecule has 0 unspecified atom stereocenters. The number of anilines is 1. The molecule has 2 amide bonds. The number of benzene rings is 2. The molecule has 30 heavy (non-hydrogen) atoms. The molecular weight excluding hydrogens is 382 g/mol. The maximum Gasteiger partial charge on any atom is 0.266 e. The van der Waals surface area contributed by atoms with E-state index in [-0.39, 0.29) is 11.8 Å². The Balaban J connectivity index is 2.25. The van der Waals surface area contributed by atoms with E-state index in [2.05, 4.69) is 0 Å². The highest BCUT2D eigenvalue weighted by atomic mass is 16.5. The van der Waals surface area contributed by atoms with Crippen molar-refractivity contribution in [2.75, 3.05) is 26.2 Å². The quantitative estimate of drug-likeness (QED) is 0.543. The Morgan fingerprint density at radius 2 is 1.30 bits per heavy atom. The normalized spacial score (nSPS) is 15.4. The topological polar surface area (TPSA) is 65.1 Å². The van der Waals surface area contributed by atoms with Gasteiger partial charge >= 0.3 is 0 Å². The van der Waals surface area contributed by atoms with Crippen LogP contribution in [0.2, 0.25) is 0 Å². The van der Waals surface area contributed by atoms with E-state index >= 15 is 0 Å². The summed E-state index contributed by atoms with van der Waals surface area (Å²) in [6.07, 6.45) is 0. The Morgan fingerprint density at radius 1 is 0.767 bits per heavy atom. The summed E-state index contributed by atoms with van der Waals surface area (Å²) in [4.78, 5) is 27.8.